The van der Waals surface area contributed by atoms with Gasteiger partial charge in [-0.15, -0.1) is 0 Å². The molecule has 1 aliphatic heterocycles. The molecule has 1 aromatic heterocycles. The van der Waals surface area contributed by atoms with E-state index in [4.69, 9.17) is 4.98 Å². The average molecular weight is 600 g/mol. The number of alkyl halides is 3. The van der Waals surface area contributed by atoms with Crippen LogP contribution in [0.3, 0.4) is 0 Å². The van der Waals surface area contributed by atoms with Crippen molar-refractivity contribution in [3.05, 3.63) is 53.6 Å². The molecule has 43 heavy (non-hydrogen) atoms. The minimum atomic E-state index is -4.39. The number of carbonyl (C=O) groups is 1. The maximum absolute atomic E-state index is 14.0. The van der Waals surface area contributed by atoms with E-state index < -0.39 is 17.2 Å². The number of amides is 1. The highest BCUT2D eigenvalue weighted by Gasteiger charge is 2.35. The van der Waals surface area contributed by atoms with Crippen LogP contribution >= 0.6 is 0 Å². The van der Waals surface area contributed by atoms with Crippen molar-refractivity contribution < 1.29 is 18.0 Å². The number of anilines is 2. The molecule has 4 rings (SSSR count). The zero-order valence-electron chi connectivity index (χ0n) is 26.6. The van der Waals surface area contributed by atoms with Crippen molar-refractivity contribution in [2.75, 3.05) is 38.0 Å². The Balaban J connectivity index is 1.67. The van der Waals surface area contributed by atoms with E-state index in [1.165, 1.54) is 31.4 Å². The Morgan fingerprint density at radius 3 is 2.09 bits per heavy atom. The van der Waals surface area contributed by atoms with Gasteiger partial charge in [-0.3, -0.25) is 4.79 Å². The summed E-state index contributed by atoms with van der Waals surface area (Å²) in [5, 5.41) is 3.27. The topological polar surface area (TPSA) is 53.4 Å². The van der Waals surface area contributed by atoms with Crippen molar-refractivity contribution in [1.82, 2.24) is 19.4 Å². The SMILES string of the molecule is CC(C)CN(CC(C)C)C(=O)C(C)(C)c1ccc2nc(Nc3ccc(C(F)(F)F)cc3)n(CCCN3CCCCC3)c2c1. The molecular weight excluding hydrogens is 551 g/mol. The molecule has 1 N–H and O–H groups in total. The fourth-order valence-corrected chi connectivity index (χ4v) is 5.98. The number of imidazole rings is 1. The number of rotatable bonds is 12. The zero-order chi connectivity index (χ0) is 31.4. The third-order valence-electron chi connectivity index (χ3n) is 8.24. The second-order valence-electron chi connectivity index (χ2n) is 13.4. The summed E-state index contributed by atoms with van der Waals surface area (Å²) in [4.78, 5) is 23.3. The summed E-state index contributed by atoms with van der Waals surface area (Å²) in [6.45, 7) is 17.8. The van der Waals surface area contributed by atoms with E-state index in [9.17, 15) is 18.0 Å². The molecule has 0 atom stereocenters. The molecule has 9 heteroatoms. The van der Waals surface area contributed by atoms with Crippen molar-refractivity contribution in [3.63, 3.8) is 0 Å². The molecule has 236 valence electrons. The van der Waals surface area contributed by atoms with E-state index >= 15 is 0 Å². The van der Waals surface area contributed by atoms with Crippen LogP contribution < -0.4 is 5.32 Å². The molecule has 1 amide bonds. The van der Waals surface area contributed by atoms with Crippen molar-refractivity contribution in [2.24, 2.45) is 11.8 Å². The van der Waals surface area contributed by atoms with Gasteiger partial charge in [0.25, 0.3) is 0 Å². The van der Waals surface area contributed by atoms with Crippen LogP contribution in [0.25, 0.3) is 11.0 Å². The number of aryl methyl sites for hydroxylation is 1. The van der Waals surface area contributed by atoms with Crippen LogP contribution in [0, 0.1) is 11.8 Å². The number of nitrogens with zero attached hydrogens (tertiary/aromatic N) is 4. The normalized spacial score (nSPS) is 15.0. The molecule has 1 saturated heterocycles. The molecule has 0 unspecified atom stereocenters. The Bertz CT molecular complexity index is 1340. The molecule has 0 aliphatic carbocycles. The van der Waals surface area contributed by atoms with Gasteiger partial charge in [-0.05, 0) is 107 Å². The zero-order valence-corrected chi connectivity index (χ0v) is 26.6. The number of hydrogen-bond donors (Lipinski definition) is 1. The first-order valence-corrected chi connectivity index (χ1v) is 15.7. The molecule has 1 fully saturated rings. The van der Waals surface area contributed by atoms with Gasteiger partial charge in [0.1, 0.15) is 0 Å². The molecule has 0 saturated carbocycles. The van der Waals surface area contributed by atoms with E-state index in [0.717, 1.165) is 54.8 Å². The number of aromatic nitrogens is 2. The van der Waals surface area contributed by atoms with Gasteiger partial charge < -0.3 is 19.7 Å². The van der Waals surface area contributed by atoms with Crippen molar-refractivity contribution in [1.29, 1.82) is 0 Å². The van der Waals surface area contributed by atoms with Crippen LogP contribution in [-0.2, 0) is 22.9 Å². The largest absolute Gasteiger partial charge is 0.416 e. The van der Waals surface area contributed by atoms with Crippen LogP contribution in [0.5, 0.6) is 0 Å². The Kier molecular flexibility index (Phi) is 10.5. The number of fused-ring (bicyclic) bond motifs is 1. The van der Waals surface area contributed by atoms with Gasteiger partial charge >= 0.3 is 6.18 Å². The quantitative estimate of drug-likeness (QED) is 0.229. The average Bonchev–Trinajstić information content (AvgIpc) is 3.28. The van der Waals surface area contributed by atoms with Gasteiger partial charge in [0, 0.05) is 25.3 Å². The minimum Gasteiger partial charge on any atom is -0.341 e. The lowest BCUT2D eigenvalue weighted by Gasteiger charge is -2.34. The molecule has 0 bridgehead atoms. The molecular formula is C34H48F3N5O. The van der Waals surface area contributed by atoms with Gasteiger partial charge in [0.15, 0.2) is 0 Å². The first-order valence-electron chi connectivity index (χ1n) is 15.7. The number of carbonyl (C=O) groups excluding carboxylic acids is 1. The summed E-state index contributed by atoms with van der Waals surface area (Å²) in [6, 6.07) is 11.0. The monoisotopic (exact) mass is 599 g/mol. The fourth-order valence-electron chi connectivity index (χ4n) is 5.98. The minimum absolute atomic E-state index is 0.105. The van der Waals surface area contributed by atoms with Crippen LogP contribution in [0.15, 0.2) is 42.5 Å². The van der Waals surface area contributed by atoms with Gasteiger partial charge in [-0.1, -0.05) is 40.2 Å². The van der Waals surface area contributed by atoms with E-state index in [1.807, 2.05) is 30.9 Å². The second-order valence-corrected chi connectivity index (χ2v) is 13.4. The third kappa shape index (κ3) is 8.31. The van der Waals surface area contributed by atoms with Crippen LogP contribution in [0.2, 0.25) is 0 Å². The van der Waals surface area contributed by atoms with Gasteiger partial charge in [-0.25, -0.2) is 4.98 Å². The van der Waals surface area contributed by atoms with Gasteiger partial charge in [-0.2, -0.15) is 13.2 Å². The summed E-state index contributed by atoms with van der Waals surface area (Å²) < 4.78 is 41.5. The predicted molar refractivity (Wildman–Crippen MR) is 169 cm³/mol. The number of likely N-dealkylation sites (tertiary alicyclic amines) is 1. The molecule has 6 nitrogen and oxygen atoms in total. The van der Waals surface area contributed by atoms with Crippen LogP contribution in [-0.4, -0.2) is 58.0 Å². The van der Waals surface area contributed by atoms with E-state index in [0.29, 0.717) is 43.1 Å². The maximum Gasteiger partial charge on any atom is 0.416 e. The van der Waals surface area contributed by atoms with Crippen molar-refractivity contribution in [2.45, 2.75) is 85.4 Å². The summed E-state index contributed by atoms with van der Waals surface area (Å²) in [5.74, 6) is 1.41. The third-order valence-corrected chi connectivity index (χ3v) is 8.24. The van der Waals surface area contributed by atoms with Crippen LogP contribution in [0.4, 0.5) is 24.8 Å². The molecule has 2 aromatic carbocycles. The summed E-state index contributed by atoms with van der Waals surface area (Å²) in [7, 11) is 0. The lowest BCUT2D eigenvalue weighted by molar-refractivity contribution is -0.138. The van der Waals surface area contributed by atoms with Crippen molar-refractivity contribution in [3.8, 4) is 0 Å². The Morgan fingerprint density at radius 1 is 0.907 bits per heavy atom. The number of piperidine rings is 1. The first-order chi connectivity index (χ1) is 20.3. The van der Waals surface area contributed by atoms with Gasteiger partial charge in [0.2, 0.25) is 11.9 Å². The Hall–Kier alpha value is -3.07. The Labute approximate surface area is 254 Å². The predicted octanol–water partition coefficient (Wildman–Crippen LogP) is 8.09. The lowest BCUT2D eigenvalue weighted by atomic mass is 9.82. The highest BCUT2D eigenvalue weighted by Crippen LogP contribution is 2.33. The molecule has 2 heterocycles. The fraction of sp³-hybridized carbons (Fsp3) is 0.588. The highest BCUT2D eigenvalue weighted by atomic mass is 19.4. The highest BCUT2D eigenvalue weighted by molar-refractivity contribution is 5.89. The number of halogens is 3. The molecule has 0 radical (unpaired) electrons. The van der Waals surface area contributed by atoms with Crippen LogP contribution in [0.1, 0.15) is 78.4 Å². The van der Waals surface area contributed by atoms with Crippen molar-refractivity contribution >= 4 is 28.6 Å². The Morgan fingerprint density at radius 2 is 1.51 bits per heavy atom. The smallest absolute Gasteiger partial charge is 0.341 e. The summed E-state index contributed by atoms with van der Waals surface area (Å²) >= 11 is 0. The second kappa shape index (κ2) is 13.7. The maximum atomic E-state index is 14.0. The first kappa shape index (κ1) is 32.8. The number of hydrogen-bond acceptors (Lipinski definition) is 4. The standard InChI is InChI=1S/C34H48F3N5O/c1-24(2)22-41(23-25(3)4)31(43)33(5,6)27-13-16-29-30(21-27)42(20-10-19-40-17-8-7-9-18-40)32(39-29)38-28-14-11-26(12-15-28)34(35,36)37/h11-16,21,24-25H,7-10,17-20,22-23H2,1-6H3,(H,38,39). The lowest BCUT2D eigenvalue weighted by Crippen LogP contribution is -2.46. The molecule has 3 aromatic rings. The van der Waals surface area contributed by atoms with E-state index in [-0.39, 0.29) is 5.91 Å². The summed E-state index contributed by atoms with van der Waals surface area (Å²) in [5.41, 5.74) is 1.71. The molecule has 1 aliphatic rings. The number of nitrogens with one attached hydrogen (secondary N) is 1. The van der Waals surface area contributed by atoms with E-state index in [1.54, 1.807) is 0 Å². The number of benzene rings is 2. The summed E-state index contributed by atoms with van der Waals surface area (Å²) in [6.07, 6.45) is 0.265. The van der Waals surface area contributed by atoms with Gasteiger partial charge in [0.05, 0.1) is 22.0 Å². The van der Waals surface area contributed by atoms with E-state index in [2.05, 4.69) is 48.5 Å². The molecule has 0 spiro atoms.